The highest BCUT2D eigenvalue weighted by Crippen LogP contribution is 2.29. The van der Waals surface area contributed by atoms with Crippen molar-refractivity contribution in [1.29, 1.82) is 0 Å². The summed E-state index contributed by atoms with van der Waals surface area (Å²) in [6.07, 6.45) is 1.97. The monoisotopic (exact) mass is 270 g/mol. The zero-order valence-electron chi connectivity index (χ0n) is 11.0. The number of phosphoric ester groups is 1. The lowest BCUT2D eigenvalue weighted by Crippen LogP contribution is -2.09. The molecule has 6 nitrogen and oxygen atoms in total. The van der Waals surface area contributed by atoms with Gasteiger partial charge in [-0.3, -0.25) is 4.57 Å². The van der Waals surface area contributed by atoms with Crippen LogP contribution in [0.4, 0.5) is 0 Å². The molecule has 0 aliphatic heterocycles. The Kier molecular flexibility index (Phi) is 16.1. The van der Waals surface area contributed by atoms with Gasteiger partial charge in [-0.05, 0) is 19.5 Å². The molecule has 17 heavy (non-hydrogen) atoms. The lowest BCUT2D eigenvalue weighted by molar-refractivity contribution is -0.220. The Bertz CT molecular complexity index is 184. The van der Waals surface area contributed by atoms with Crippen molar-refractivity contribution in [2.45, 2.75) is 33.6 Å². The Morgan fingerprint density at radius 2 is 1.76 bits per heavy atom. The molecule has 7 heteroatoms. The first-order chi connectivity index (χ1) is 7.97. The average Bonchev–Trinajstić information content (AvgIpc) is 2.24. The van der Waals surface area contributed by atoms with Crippen molar-refractivity contribution in [3.63, 3.8) is 0 Å². The smallest absolute Gasteiger partial charge is 0.265 e. The van der Waals surface area contributed by atoms with E-state index in [0.29, 0.717) is 6.61 Å². The van der Waals surface area contributed by atoms with Crippen molar-refractivity contribution in [2.75, 3.05) is 32.9 Å². The molecule has 0 aromatic heterocycles. The number of ether oxygens (including phenoxy) is 1. The number of hydrogen-bond donors (Lipinski definition) is 2. The number of phosphoric acid groups is 1. The molecule has 106 valence electrons. The predicted molar refractivity (Wildman–Crippen MR) is 65.7 cm³/mol. The zero-order valence-corrected chi connectivity index (χ0v) is 11.9. The Labute approximate surface area is 104 Å². The van der Waals surface area contributed by atoms with Crippen LogP contribution in [0.25, 0.3) is 0 Å². The third-order valence-corrected chi connectivity index (χ3v) is 2.13. The van der Waals surface area contributed by atoms with Gasteiger partial charge in [-0.25, -0.2) is 0 Å². The highest BCUT2D eigenvalue weighted by Gasteiger charge is 1.99. The second-order valence-electron chi connectivity index (χ2n) is 3.22. The summed E-state index contributed by atoms with van der Waals surface area (Å²) in [5, 5.41) is 3.11. The van der Waals surface area contributed by atoms with Crippen molar-refractivity contribution in [1.82, 2.24) is 5.32 Å². The minimum absolute atomic E-state index is 0.124. The predicted octanol–water partition coefficient (Wildman–Crippen LogP) is 0.896. The van der Waals surface area contributed by atoms with Gasteiger partial charge in [-0.1, -0.05) is 27.2 Å². The summed E-state index contributed by atoms with van der Waals surface area (Å²) in [6, 6.07) is 0. The van der Waals surface area contributed by atoms with Crippen LogP contribution in [0.2, 0.25) is 0 Å². The van der Waals surface area contributed by atoms with E-state index in [-0.39, 0.29) is 13.2 Å². The maximum absolute atomic E-state index is 10.0. The van der Waals surface area contributed by atoms with Gasteiger partial charge in [0.05, 0.1) is 13.2 Å². The van der Waals surface area contributed by atoms with Crippen molar-refractivity contribution in [3.05, 3.63) is 0 Å². The number of hydrogen-bond acceptors (Lipinski definition) is 5. The van der Waals surface area contributed by atoms with Crippen LogP contribution in [0.1, 0.15) is 33.6 Å². The van der Waals surface area contributed by atoms with Crippen molar-refractivity contribution < 1.29 is 23.6 Å². The van der Waals surface area contributed by atoms with Gasteiger partial charge in [-0.2, -0.15) is 0 Å². The first-order valence-electron chi connectivity index (χ1n) is 5.94. The fourth-order valence-electron chi connectivity index (χ4n) is 0.810. The van der Waals surface area contributed by atoms with E-state index in [2.05, 4.69) is 23.7 Å². The van der Waals surface area contributed by atoms with E-state index in [4.69, 9.17) is 9.63 Å². The molecule has 0 fully saturated rings. The molecule has 0 aromatic carbocycles. The molecule has 0 saturated heterocycles. The summed E-state index contributed by atoms with van der Waals surface area (Å²) in [5.74, 6) is 0. The molecular weight excluding hydrogens is 245 g/mol. The molecule has 0 aliphatic carbocycles. The lowest BCUT2D eigenvalue weighted by atomic mass is 10.4. The highest BCUT2D eigenvalue weighted by atomic mass is 31.2. The van der Waals surface area contributed by atoms with Gasteiger partial charge < -0.3 is 24.4 Å². The molecule has 2 N–H and O–H groups in total. The second-order valence-corrected chi connectivity index (χ2v) is 4.42. The van der Waals surface area contributed by atoms with Crippen LogP contribution in [0, 0.1) is 0 Å². The molecule has 1 unspecified atom stereocenters. The number of rotatable bonds is 9. The summed E-state index contributed by atoms with van der Waals surface area (Å²) in [7, 11) is -4.55. The van der Waals surface area contributed by atoms with Gasteiger partial charge in [0, 0.05) is 6.61 Å². The van der Waals surface area contributed by atoms with Crippen LogP contribution >= 0.6 is 7.82 Å². The van der Waals surface area contributed by atoms with Crippen molar-refractivity contribution in [2.24, 2.45) is 0 Å². The molecule has 0 saturated carbocycles. The quantitative estimate of drug-likeness (QED) is 0.478. The normalized spacial score (nSPS) is 13.7. The lowest BCUT2D eigenvalue weighted by Gasteiger charge is -2.14. The Hall–Kier alpha value is 0.0300. The third-order valence-electron chi connectivity index (χ3n) is 1.62. The maximum Gasteiger partial charge on any atom is 0.265 e. The number of unbranched alkanes of at least 4 members (excludes halogenated alkanes) is 1. The van der Waals surface area contributed by atoms with E-state index in [1.807, 2.05) is 6.92 Å². The van der Waals surface area contributed by atoms with Crippen molar-refractivity contribution >= 4 is 7.82 Å². The standard InChI is InChI=1S/C6H15O5P.C4H11N/c1-2-3-4-10-5-6-11-12(7,8)9;1-3-5-4-2/h2-6H2,1H3,(H2,7,8,9);5H,3-4H2,1-2H3/p-1. The zero-order chi connectivity index (χ0) is 13.6. The minimum Gasteiger partial charge on any atom is -0.756 e. The molecule has 0 spiro atoms. The summed E-state index contributed by atoms with van der Waals surface area (Å²) in [5.41, 5.74) is 0. The molecule has 0 aliphatic rings. The fraction of sp³-hybridized carbons (Fsp3) is 1.00. The van der Waals surface area contributed by atoms with E-state index >= 15 is 0 Å². The summed E-state index contributed by atoms with van der Waals surface area (Å²) >= 11 is 0. The summed E-state index contributed by atoms with van der Waals surface area (Å²) in [4.78, 5) is 18.2. The molecule has 0 amide bonds. The fourth-order valence-corrected chi connectivity index (χ4v) is 1.12. The summed E-state index contributed by atoms with van der Waals surface area (Å²) < 4.78 is 19.0. The van der Waals surface area contributed by atoms with Gasteiger partial charge >= 0.3 is 0 Å². The van der Waals surface area contributed by atoms with Gasteiger partial charge in [0.25, 0.3) is 7.82 Å². The Balaban J connectivity index is 0. The van der Waals surface area contributed by atoms with E-state index in [1.165, 1.54) is 0 Å². The van der Waals surface area contributed by atoms with Gasteiger partial charge in [0.1, 0.15) is 0 Å². The molecular formula is C10H25NO5P-. The maximum atomic E-state index is 10.0. The van der Waals surface area contributed by atoms with Crippen LogP contribution in [-0.2, 0) is 13.8 Å². The molecule has 0 aromatic rings. The summed E-state index contributed by atoms with van der Waals surface area (Å²) in [6.45, 7) is 9.07. The van der Waals surface area contributed by atoms with E-state index < -0.39 is 7.82 Å². The molecule has 0 rings (SSSR count). The van der Waals surface area contributed by atoms with Gasteiger partial charge in [0.2, 0.25) is 0 Å². The molecule has 1 atom stereocenters. The third kappa shape index (κ3) is 25.9. The van der Waals surface area contributed by atoms with E-state index in [1.54, 1.807) is 0 Å². The van der Waals surface area contributed by atoms with Gasteiger partial charge in [-0.15, -0.1) is 0 Å². The topological polar surface area (TPSA) is 90.9 Å². The van der Waals surface area contributed by atoms with Crippen LogP contribution in [0.3, 0.4) is 0 Å². The van der Waals surface area contributed by atoms with Crippen LogP contribution in [0.15, 0.2) is 0 Å². The Morgan fingerprint density at radius 3 is 2.12 bits per heavy atom. The minimum atomic E-state index is -4.55. The first kappa shape index (κ1) is 19.4. The van der Waals surface area contributed by atoms with E-state index in [0.717, 1.165) is 25.9 Å². The van der Waals surface area contributed by atoms with Crippen LogP contribution < -0.4 is 10.2 Å². The first-order valence-corrected chi connectivity index (χ1v) is 7.44. The van der Waals surface area contributed by atoms with E-state index in [9.17, 15) is 9.46 Å². The Morgan fingerprint density at radius 1 is 1.18 bits per heavy atom. The molecule has 0 radical (unpaired) electrons. The van der Waals surface area contributed by atoms with Crippen molar-refractivity contribution in [3.8, 4) is 0 Å². The number of nitrogens with one attached hydrogen (secondary N) is 1. The molecule has 0 bridgehead atoms. The molecule has 0 heterocycles. The average molecular weight is 270 g/mol. The SMILES string of the molecule is CCCCOCCOP(=O)([O-])O.CCNCC. The van der Waals surface area contributed by atoms with Gasteiger partial charge in [0.15, 0.2) is 0 Å². The highest BCUT2D eigenvalue weighted by molar-refractivity contribution is 7.44. The second kappa shape index (κ2) is 14.1. The largest absolute Gasteiger partial charge is 0.756 e. The van der Waals surface area contributed by atoms with Crippen LogP contribution in [0.5, 0.6) is 0 Å². The van der Waals surface area contributed by atoms with Crippen LogP contribution in [-0.4, -0.2) is 37.8 Å².